The third-order valence-corrected chi connectivity index (χ3v) is 12.4. The second-order valence-corrected chi connectivity index (χ2v) is 18.8. The summed E-state index contributed by atoms with van der Waals surface area (Å²) in [6.45, 7) is 12.3. The summed E-state index contributed by atoms with van der Waals surface area (Å²) in [5.74, 6) is 2.12. The highest BCUT2D eigenvalue weighted by molar-refractivity contribution is 6.00. The molecule has 30 nitrogen and oxygen atoms in total. The van der Waals surface area contributed by atoms with E-state index in [2.05, 4.69) is 33.2 Å². The smallest absolute Gasteiger partial charge is 0.332 e. The van der Waals surface area contributed by atoms with E-state index in [1.165, 1.54) is 15.2 Å². The molecule has 2 fully saturated rings. The predicted octanol–water partition coefficient (Wildman–Crippen LogP) is -2.56. The second-order valence-electron chi connectivity index (χ2n) is 18.8. The number of amides is 5. The van der Waals surface area contributed by atoms with Gasteiger partial charge in [-0.2, -0.15) is 0 Å². The first-order valence-electron chi connectivity index (χ1n) is 27.1. The monoisotopic (exact) mass is 1150 g/mol. The third-order valence-electron chi connectivity index (χ3n) is 12.4. The number of hydrogen-bond acceptors (Lipinski definition) is 23. The molecule has 456 valence electrons. The Morgan fingerprint density at radius 2 is 1.28 bits per heavy atom. The van der Waals surface area contributed by atoms with Crippen molar-refractivity contribution < 1.29 is 85.9 Å². The van der Waals surface area contributed by atoms with Crippen molar-refractivity contribution in [2.24, 2.45) is 23.2 Å². The highest BCUT2D eigenvalue weighted by atomic mass is 16.8. The van der Waals surface area contributed by atoms with Gasteiger partial charge in [-0.1, -0.05) is 32.1 Å². The number of carbonyl (C=O) groups is 5. The lowest BCUT2D eigenvalue weighted by atomic mass is 10.0. The van der Waals surface area contributed by atoms with E-state index < -0.39 is 91.0 Å². The van der Waals surface area contributed by atoms with Crippen LogP contribution in [0.25, 0.3) is 0 Å². The zero-order valence-electron chi connectivity index (χ0n) is 46.2. The Bertz CT molecular complexity index is 2310. The van der Waals surface area contributed by atoms with Crippen LogP contribution in [0.4, 0.5) is 11.5 Å². The molecule has 8 atom stereocenters. The van der Waals surface area contributed by atoms with Gasteiger partial charge in [-0.05, 0) is 43.9 Å². The summed E-state index contributed by atoms with van der Waals surface area (Å²) in [6.07, 6.45) is -3.04. The first kappa shape index (κ1) is 66.3. The van der Waals surface area contributed by atoms with Gasteiger partial charge in [0.2, 0.25) is 17.7 Å². The van der Waals surface area contributed by atoms with Crippen molar-refractivity contribution in [2.75, 3.05) is 143 Å². The van der Waals surface area contributed by atoms with Gasteiger partial charge in [-0.3, -0.25) is 39.7 Å². The number of aliphatic hydroxyl groups is 1. The fourth-order valence-corrected chi connectivity index (χ4v) is 8.50. The summed E-state index contributed by atoms with van der Waals surface area (Å²) in [4.78, 5) is 78.4. The summed E-state index contributed by atoms with van der Waals surface area (Å²) in [6, 6.07) is 4.68. The number of fused-ring (bicyclic) bond motifs is 2. The molecule has 0 bridgehead atoms. The van der Waals surface area contributed by atoms with E-state index >= 15 is 0 Å². The maximum atomic E-state index is 13.9. The molecular weight excluding hydrogens is 1070 g/mol. The quantitative estimate of drug-likeness (QED) is 0.0107. The van der Waals surface area contributed by atoms with Crippen molar-refractivity contribution >= 4 is 41.0 Å². The standard InChI is InChI=1S/C51H83N11O19/c1-4-12-61-41-44(58-50(53)59-47(41)68)62(51(61)69)48-43-42(37(30-63)79-48)80-49(81-43)34-8-7-9-35(29-34)55-45(66)36(10-5-6-11-52)56-46(67)40(33(2)3)57-38(64)31-77-27-25-75-23-21-73-19-17-71-15-13-70-14-16-72-18-20-74-22-24-76-26-28-78-32-39(65)60-54/h4,7-9,29,33,36-37,40,42-43,48-50,58,63H,1,5-6,10-28,30-32,52-54H2,2-3H3,(H,55,66)(H,56,67)(H,57,64)(H,59,68)(H,60,65). The number of hydrazine groups is 1. The zero-order chi connectivity index (χ0) is 58.4. The molecule has 3 aliphatic heterocycles. The predicted molar refractivity (Wildman–Crippen MR) is 288 cm³/mol. The molecule has 4 heterocycles. The van der Waals surface area contributed by atoms with Crippen molar-refractivity contribution in [3.63, 3.8) is 0 Å². The number of anilines is 2. The summed E-state index contributed by atoms with van der Waals surface area (Å²) in [7, 11) is 0. The van der Waals surface area contributed by atoms with Gasteiger partial charge in [0, 0.05) is 17.8 Å². The van der Waals surface area contributed by atoms with Crippen LogP contribution in [0.1, 0.15) is 61.7 Å². The normalized spacial score (nSPS) is 20.0. The number of rotatable bonds is 43. The minimum atomic E-state index is -1.14. The lowest BCUT2D eigenvalue weighted by Gasteiger charge is -2.26. The Labute approximate surface area is 469 Å². The van der Waals surface area contributed by atoms with Gasteiger partial charge >= 0.3 is 5.69 Å². The number of nitrogens with one attached hydrogen (secondary N) is 6. The number of nitrogens with two attached hydrogens (primary N) is 3. The van der Waals surface area contributed by atoms with Gasteiger partial charge in [0.25, 0.3) is 11.8 Å². The average molecular weight is 1150 g/mol. The van der Waals surface area contributed by atoms with E-state index in [4.69, 9.17) is 74.2 Å². The highest BCUT2D eigenvalue weighted by Gasteiger charge is 2.55. The largest absolute Gasteiger partial charge is 0.394 e. The van der Waals surface area contributed by atoms with Crippen LogP contribution in [-0.4, -0.2) is 213 Å². The van der Waals surface area contributed by atoms with Gasteiger partial charge in [0.05, 0.1) is 112 Å². The molecule has 2 saturated heterocycles. The van der Waals surface area contributed by atoms with Crippen LogP contribution in [0.15, 0.2) is 41.7 Å². The van der Waals surface area contributed by atoms with E-state index in [9.17, 15) is 33.9 Å². The molecule has 1 aromatic carbocycles. The first-order valence-corrected chi connectivity index (χ1v) is 27.1. The number of imidazole rings is 1. The lowest BCUT2D eigenvalue weighted by Crippen LogP contribution is -2.55. The van der Waals surface area contributed by atoms with E-state index in [0.717, 1.165) is 0 Å². The molecule has 0 spiro atoms. The second kappa shape index (κ2) is 36.8. The number of nitrogens with zero attached hydrogens (tertiary/aromatic N) is 2. The summed E-state index contributed by atoms with van der Waals surface area (Å²) in [5, 5.41) is 24.2. The minimum Gasteiger partial charge on any atom is -0.394 e. The number of hydrogen-bond donors (Lipinski definition) is 10. The van der Waals surface area contributed by atoms with Gasteiger partial charge in [0.15, 0.2) is 24.5 Å². The van der Waals surface area contributed by atoms with Crippen LogP contribution in [0, 0.1) is 5.92 Å². The van der Waals surface area contributed by atoms with Crippen molar-refractivity contribution in [2.45, 2.75) is 88.9 Å². The van der Waals surface area contributed by atoms with Crippen molar-refractivity contribution in [3.8, 4) is 0 Å². The van der Waals surface area contributed by atoms with Crippen LogP contribution in [-0.2, 0) is 82.6 Å². The molecule has 2 aromatic rings. The Hall–Kier alpha value is -5.52. The Morgan fingerprint density at radius 3 is 1.80 bits per heavy atom. The molecule has 0 aliphatic carbocycles. The molecule has 1 aromatic heterocycles. The topological polar surface area (TPSA) is 394 Å². The summed E-state index contributed by atoms with van der Waals surface area (Å²) < 4.78 is 70.0. The fourth-order valence-electron chi connectivity index (χ4n) is 8.50. The summed E-state index contributed by atoms with van der Waals surface area (Å²) >= 11 is 0. The van der Waals surface area contributed by atoms with Crippen molar-refractivity contribution in [1.82, 2.24) is 30.5 Å². The zero-order valence-corrected chi connectivity index (χ0v) is 46.2. The number of ether oxygens (including phenoxy) is 12. The van der Waals surface area contributed by atoms with E-state index in [1.807, 2.05) is 5.43 Å². The van der Waals surface area contributed by atoms with Crippen LogP contribution in [0.3, 0.4) is 0 Å². The Morgan fingerprint density at radius 1 is 0.741 bits per heavy atom. The number of unbranched alkanes of at least 4 members (excludes halogenated alkanes) is 1. The molecule has 3 aliphatic rings. The Kier molecular flexibility index (Phi) is 30.1. The van der Waals surface area contributed by atoms with E-state index in [0.29, 0.717) is 117 Å². The molecule has 0 radical (unpaired) electrons. The number of benzene rings is 1. The third kappa shape index (κ3) is 21.6. The van der Waals surface area contributed by atoms with Crippen LogP contribution < -0.4 is 55.0 Å². The molecule has 5 amide bonds. The van der Waals surface area contributed by atoms with Crippen LogP contribution in [0.2, 0.25) is 0 Å². The van der Waals surface area contributed by atoms with Gasteiger partial charge < -0.3 is 94.3 Å². The molecular formula is C51H83N11O19. The van der Waals surface area contributed by atoms with Crippen LogP contribution in [0.5, 0.6) is 0 Å². The molecule has 81 heavy (non-hydrogen) atoms. The number of carbonyl (C=O) groups excluding carboxylic acids is 5. The van der Waals surface area contributed by atoms with E-state index in [1.54, 1.807) is 38.1 Å². The maximum Gasteiger partial charge on any atom is 0.332 e. The minimum absolute atomic E-state index is 0.0117. The van der Waals surface area contributed by atoms with Crippen molar-refractivity contribution in [3.05, 3.63) is 58.7 Å². The van der Waals surface area contributed by atoms with Gasteiger partial charge in [-0.25, -0.2) is 15.2 Å². The van der Waals surface area contributed by atoms with Crippen LogP contribution >= 0.6 is 0 Å². The number of aliphatic hydroxyl groups excluding tert-OH is 1. The lowest BCUT2D eigenvalue weighted by molar-refractivity contribution is -0.154. The molecule has 30 heteroatoms. The molecule has 5 rings (SSSR count). The summed E-state index contributed by atoms with van der Waals surface area (Å²) in [5.41, 5.74) is 14.0. The van der Waals surface area contributed by atoms with Gasteiger partial charge in [-0.15, -0.1) is 6.58 Å². The SMILES string of the molecule is C=CCn1c2c(n(C3OC(CO)C4OC(c5cccc(NC(=O)C(CCCCN)NC(=O)C(NC(=O)COCCOCCOCCOCCOCCOCCOCCOCCOCC(=O)NN)C(C)C)c5)OC43)c1=O)NC(N)NC2=O. The first-order chi connectivity index (χ1) is 39.3. The average Bonchev–Trinajstić information content (AvgIpc) is 2.58. The van der Waals surface area contributed by atoms with Gasteiger partial charge in [0.1, 0.15) is 49.4 Å². The van der Waals surface area contributed by atoms with E-state index in [-0.39, 0.29) is 63.4 Å². The maximum absolute atomic E-state index is 13.9. The number of allylic oxidation sites excluding steroid dienone is 1. The fraction of sp³-hybridized carbons (Fsp3) is 0.686. The molecule has 13 N–H and O–H groups in total. The highest BCUT2D eigenvalue weighted by Crippen LogP contribution is 2.45. The number of aromatic nitrogens is 2. The van der Waals surface area contributed by atoms with Crippen molar-refractivity contribution in [1.29, 1.82) is 0 Å². The molecule has 8 unspecified atom stereocenters. The molecule has 0 saturated carbocycles. The Balaban J connectivity index is 0.949.